The Labute approximate surface area is 101 Å². The molecule has 0 amide bonds. The zero-order valence-electron chi connectivity index (χ0n) is 9.86. The minimum Gasteiger partial charge on any atom is -0.495 e. The summed E-state index contributed by atoms with van der Waals surface area (Å²) in [4.78, 5) is 0.177. The summed E-state index contributed by atoms with van der Waals surface area (Å²) in [5, 5.41) is 0. The van der Waals surface area contributed by atoms with Gasteiger partial charge in [-0.15, -0.1) is 0 Å². The van der Waals surface area contributed by atoms with Crippen LogP contribution in [-0.2, 0) is 10.0 Å². The van der Waals surface area contributed by atoms with E-state index in [-0.39, 0.29) is 10.4 Å². The van der Waals surface area contributed by atoms with Gasteiger partial charge in [0, 0.05) is 11.6 Å². The Hall–Kier alpha value is -1.27. The van der Waals surface area contributed by atoms with Gasteiger partial charge in [0.05, 0.1) is 17.7 Å². The van der Waals surface area contributed by atoms with Crippen molar-refractivity contribution in [1.82, 2.24) is 4.72 Å². The van der Waals surface area contributed by atoms with E-state index >= 15 is 0 Å². The molecule has 6 heteroatoms. The number of hydrogen-bond donors (Lipinski definition) is 2. The van der Waals surface area contributed by atoms with E-state index in [2.05, 4.69) is 4.72 Å². The van der Waals surface area contributed by atoms with Crippen LogP contribution in [0.15, 0.2) is 23.1 Å². The third kappa shape index (κ3) is 2.53. The highest BCUT2D eigenvalue weighted by atomic mass is 32.2. The molecular weight excluding hydrogens is 240 g/mol. The van der Waals surface area contributed by atoms with Crippen LogP contribution in [0.4, 0.5) is 5.69 Å². The topological polar surface area (TPSA) is 81.4 Å². The molecule has 2 rings (SSSR count). The molecule has 0 bridgehead atoms. The first kappa shape index (κ1) is 12.2. The van der Waals surface area contributed by atoms with E-state index < -0.39 is 10.0 Å². The van der Waals surface area contributed by atoms with Crippen LogP contribution in [0.5, 0.6) is 5.75 Å². The Morgan fingerprint density at radius 1 is 1.41 bits per heavy atom. The molecule has 1 saturated carbocycles. The second-order valence-corrected chi connectivity index (χ2v) is 6.25. The fourth-order valence-electron chi connectivity index (χ4n) is 1.53. The van der Waals surface area contributed by atoms with Gasteiger partial charge in [-0.2, -0.15) is 0 Å². The number of hydrogen-bond acceptors (Lipinski definition) is 4. The van der Waals surface area contributed by atoms with Gasteiger partial charge in [-0.1, -0.05) is 0 Å². The lowest BCUT2D eigenvalue weighted by atomic mass is 10.3. The number of rotatable bonds is 4. The van der Waals surface area contributed by atoms with Crippen molar-refractivity contribution in [2.45, 2.75) is 30.2 Å². The maximum Gasteiger partial charge on any atom is 0.241 e. The molecule has 1 fully saturated rings. The van der Waals surface area contributed by atoms with Gasteiger partial charge >= 0.3 is 0 Å². The predicted octanol–water partition coefficient (Wildman–Crippen LogP) is 1.11. The number of anilines is 1. The van der Waals surface area contributed by atoms with Gasteiger partial charge in [0.2, 0.25) is 10.0 Å². The summed E-state index contributed by atoms with van der Waals surface area (Å²) in [6.07, 6.45) is 1.75. The Morgan fingerprint density at radius 2 is 2.06 bits per heavy atom. The van der Waals surface area contributed by atoms with E-state index in [0.29, 0.717) is 11.4 Å². The quantitative estimate of drug-likeness (QED) is 0.791. The molecule has 0 aromatic heterocycles. The SMILES string of the molecule is COc1cc(S(=O)(=O)NC2(C)CC2)ccc1N. The van der Waals surface area contributed by atoms with Crippen molar-refractivity contribution in [2.24, 2.45) is 0 Å². The summed E-state index contributed by atoms with van der Waals surface area (Å²) in [6, 6.07) is 4.44. The van der Waals surface area contributed by atoms with Crippen molar-refractivity contribution in [3.63, 3.8) is 0 Å². The molecule has 1 aliphatic carbocycles. The van der Waals surface area contributed by atoms with Crippen molar-refractivity contribution in [3.05, 3.63) is 18.2 Å². The number of nitrogen functional groups attached to an aromatic ring is 1. The van der Waals surface area contributed by atoms with E-state index in [4.69, 9.17) is 10.5 Å². The van der Waals surface area contributed by atoms with Crippen LogP contribution >= 0.6 is 0 Å². The van der Waals surface area contributed by atoms with Gasteiger partial charge in [0.25, 0.3) is 0 Å². The summed E-state index contributed by atoms with van der Waals surface area (Å²) >= 11 is 0. The number of nitrogens with one attached hydrogen (secondary N) is 1. The molecule has 94 valence electrons. The molecule has 0 heterocycles. The fraction of sp³-hybridized carbons (Fsp3) is 0.455. The number of nitrogens with two attached hydrogens (primary N) is 1. The molecule has 0 spiro atoms. The van der Waals surface area contributed by atoms with Crippen molar-refractivity contribution >= 4 is 15.7 Å². The first-order chi connectivity index (χ1) is 7.86. The fourth-order valence-corrected chi connectivity index (χ4v) is 3.01. The van der Waals surface area contributed by atoms with E-state index in [1.54, 1.807) is 0 Å². The largest absolute Gasteiger partial charge is 0.495 e. The Morgan fingerprint density at radius 3 is 2.59 bits per heavy atom. The molecule has 0 atom stereocenters. The summed E-state index contributed by atoms with van der Waals surface area (Å²) in [6.45, 7) is 1.89. The van der Waals surface area contributed by atoms with Crippen molar-refractivity contribution < 1.29 is 13.2 Å². The minimum absolute atomic E-state index is 0.177. The van der Waals surface area contributed by atoms with Gasteiger partial charge in [0.1, 0.15) is 5.75 Å². The number of ether oxygens (including phenoxy) is 1. The molecule has 0 saturated heterocycles. The van der Waals surface area contributed by atoms with Crippen LogP contribution in [0, 0.1) is 0 Å². The summed E-state index contributed by atoms with van der Waals surface area (Å²) in [5.41, 5.74) is 5.78. The van der Waals surface area contributed by atoms with Gasteiger partial charge in [-0.05, 0) is 31.9 Å². The monoisotopic (exact) mass is 256 g/mol. The highest BCUT2D eigenvalue weighted by Gasteiger charge is 2.41. The molecule has 1 aromatic rings. The second kappa shape index (κ2) is 3.89. The lowest BCUT2D eigenvalue weighted by Crippen LogP contribution is -2.34. The lowest BCUT2D eigenvalue weighted by Gasteiger charge is -2.13. The van der Waals surface area contributed by atoms with Gasteiger partial charge in [0.15, 0.2) is 0 Å². The molecular formula is C11H16N2O3S. The number of sulfonamides is 1. The molecule has 5 nitrogen and oxygen atoms in total. The highest BCUT2D eigenvalue weighted by molar-refractivity contribution is 7.89. The molecule has 0 aliphatic heterocycles. The van der Waals surface area contributed by atoms with Crippen molar-refractivity contribution in [2.75, 3.05) is 12.8 Å². The van der Waals surface area contributed by atoms with Gasteiger partial charge < -0.3 is 10.5 Å². The Balaban J connectivity index is 2.32. The first-order valence-electron chi connectivity index (χ1n) is 5.34. The molecule has 0 unspecified atom stereocenters. The number of benzene rings is 1. The third-order valence-electron chi connectivity index (χ3n) is 2.90. The maximum absolute atomic E-state index is 12.1. The molecule has 0 radical (unpaired) electrons. The standard InChI is InChI=1S/C11H16N2O3S/c1-11(5-6-11)13-17(14,15)8-3-4-9(12)10(7-8)16-2/h3-4,7,13H,5-6,12H2,1-2H3. The number of methoxy groups -OCH3 is 1. The average Bonchev–Trinajstić information content (AvgIpc) is 2.95. The summed E-state index contributed by atoms with van der Waals surface area (Å²) in [7, 11) is -2.03. The lowest BCUT2D eigenvalue weighted by molar-refractivity contribution is 0.415. The normalized spacial score (nSPS) is 17.8. The third-order valence-corrected chi connectivity index (χ3v) is 4.53. The maximum atomic E-state index is 12.1. The highest BCUT2D eigenvalue weighted by Crippen LogP contribution is 2.36. The minimum atomic E-state index is -3.49. The predicted molar refractivity (Wildman–Crippen MR) is 65.4 cm³/mol. The van der Waals surface area contributed by atoms with Crippen LogP contribution in [0.25, 0.3) is 0 Å². The molecule has 1 aromatic carbocycles. The summed E-state index contributed by atoms with van der Waals surface area (Å²) in [5.74, 6) is 0.369. The zero-order valence-corrected chi connectivity index (χ0v) is 10.7. The van der Waals surface area contributed by atoms with Crippen LogP contribution in [-0.4, -0.2) is 21.1 Å². The van der Waals surface area contributed by atoms with Gasteiger partial charge in [-0.3, -0.25) is 0 Å². The van der Waals surface area contributed by atoms with E-state index in [1.165, 1.54) is 25.3 Å². The second-order valence-electron chi connectivity index (χ2n) is 4.57. The Kier molecular flexibility index (Phi) is 2.79. The van der Waals surface area contributed by atoms with Gasteiger partial charge in [-0.25, -0.2) is 13.1 Å². The average molecular weight is 256 g/mol. The first-order valence-corrected chi connectivity index (χ1v) is 6.82. The zero-order chi connectivity index (χ0) is 12.7. The molecule has 17 heavy (non-hydrogen) atoms. The van der Waals surface area contributed by atoms with Crippen LogP contribution < -0.4 is 15.2 Å². The summed E-state index contributed by atoms with van der Waals surface area (Å²) < 4.78 is 31.8. The van der Waals surface area contributed by atoms with Crippen molar-refractivity contribution in [1.29, 1.82) is 0 Å². The van der Waals surface area contributed by atoms with E-state index in [0.717, 1.165) is 12.8 Å². The Bertz CT molecular complexity index is 536. The van der Waals surface area contributed by atoms with Crippen LogP contribution in [0.2, 0.25) is 0 Å². The van der Waals surface area contributed by atoms with Crippen LogP contribution in [0.3, 0.4) is 0 Å². The van der Waals surface area contributed by atoms with E-state index in [9.17, 15) is 8.42 Å². The van der Waals surface area contributed by atoms with Crippen molar-refractivity contribution in [3.8, 4) is 5.75 Å². The van der Waals surface area contributed by atoms with E-state index in [1.807, 2.05) is 6.92 Å². The molecule has 1 aliphatic rings. The van der Waals surface area contributed by atoms with Crippen LogP contribution in [0.1, 0.15) is 19.8 Å². The molecule has 3 N–H and O–H groups in total. The smallest absolute Gasteiger partial charge is 0.241 e.